The van der Waals surface area contributed by atoms with Crippen LogP contribution in [0.2, 0.25) is 0 Å². The van der Waals surface area contributed by atoms with Crippen molar-refractivity contribution >= 4 is 21.8 Å². The summed E-state index contributed by atoms with van der Waals surface area (Å²) in [5.41, 5.74) is 13.2. The van der Waals surface area contributed by atoms with Gasteiger partial charge in [0.05, 0.1) is 16.7 Å². The maximum absolute atomic E-state index is 5.16. The molecule has 0 fully saturated rings. The van der Waals surface area contributed by atoms with Crippen LogP contribution in [0, 0.1) is 0 Å². The molecule has 3 aromatic heterocycles. The Morgan fingerprint density at radius 1 is 0.262 bits per heavy atom. The highest BCUT2D eigenvalue weighted by Gasteiger charge is 2.27. The Hall–Kier alpha value is -8.42. The molecule has 284 valence electrons. The van der Waals surface area contributed by atoms with Crippen molar-refractivity contribution < 1.29 is 0 Å². The molecule has 0 saturated carbocycles. The van der Waals surface area contributed by atoms with Gasteiger partial charge in [0.1, 0.15) is 0 Å². The van der Waals surface area contributed by atoms with E-state index in [2.05, 4.69) is 83.4 Å². The summed E-state index contributed by atoms with van der Waals surface area (Å²) in [5, 5.41) is 2.27. The van der Waals surface area contributed by atoms with E-state index < -0.39 is 0 Å². The Kier molecular flexibility index (Phi) is 8.03. The summed E-state index contributed by atoms with van der Waals surface area (Å²) in [7, 11) is 0. The van der Waals surface area contributed by atoms with E-state index >= 15 is 0 Å². The van der Waals surface area contributed by atoms with Gasteiger partial charge in [0, 0.05) is 55.3 Å². The normalized spacial score (nSPS) is 11.6. The van der Waals surface area contributed by atoms with Crippen LogP contribution >= 0.6 is 0 Å². The van der Waals surface area contributed by atoms with Gasteiger partial charge in [-0.05, 0) is 47.5 Å². The van der Waals surface area contributed by atoms with Gasteiger partial charge in [0.25, 0.3) is 0 Å². The summed E-state index contributed by atoms with van der Waals surface area (Å²) < 4.78 is 2.42. The van der Waals surface area contributed by atoms with Crippen LogP contribution in [-0.2, 0) is 0 Å². The van der Waals surface area contributed by atoms with Gasteiger partial charge in [-0.3, -0.25) is 0 Å². The van der Waals surface area contributed by atoms with E-state index in [0.29, 0.717) is 34.9 Å². The first-order valence-corrected chi connectivity index (χ1v) is 20.3. The van der Waals surface area contributed by atoms with Crippen molar-refractivity contribution in [3.05, 3.63) is 200 Å². The summed E-state index contributed by atoms with van der Waals surface area (Å²) in [6.45, 7) is 0. The molecule has 61 heavy (non-hydrogen) atoms. The Balaban J connectivity index is 1.10. The number of fused-ring (bicyclic) bond motifs is 8. The highest BCUT2D eigenvalue weighted by Crippen LogP contribution is 2.48. The van der Waals surface area contributed by atoms with Gasteiger partial charge in [-0.2, -0.15) is 0 Å². The molecule has 7 nitrogen and oxygen atoms in total. The van der Waals surface area contributed by atoms with E-state index in [1.807, 2.05) is 121 Å². The summed E-state index contributed by atoms with van der Waals surface area (Å²) >= 11 is 0. The van der Waals surface area contributed by atoms with Crippen LogP contribution in [0.5, 0.6) is 0 Å². The molecule has 12 rings (SSSR count). The molecule has 0 atom stereocenters. The quantitative estimate of drug-likeness (QED) is 0.167. The second-order valence-corrected chi connectivity index (χ2v) is 15.1. The number of hydrogen-bond acceptors (Lipinski definition) is 6. The van der Waals surface area contributed by atoms with Gasteiger partial charge in [-0.15, -0.1) is 0 Å². The molecule has 0 unspecified atom stereocenters. The maximum Gasteiger partial charge on any atom is 0.164 e. The minimum atomic E-state index is 0.609. The third-order valence-corrected chi connectivity index (χ3v) is 11.4. The van der Waals surface area contributed by atoms with E-state index in [4.69, 9.17) is 29.9 Å². The highest BCUT2D eigenvalue weighted by atomic mass is 15.0. The predicted molar refractivity (Wildman–Crippen MR) is 245 cm³/mol. The first-order chi connectivity index (χ1) is 30.2. The van der Waals surface area contributed by atoms with Crippen molar-refractivity contribution in [2.75, 3.05) is 0 Å². The molecule has 0 aliphatic carbocycles. The molecule has 1 aliphatic heterocycles. The van der Waals surface area contributed by atoms with Gasteiger partial charge >= 0.3 is 0 Å². The standard InChI is InChI=1S/C54H33N7/c1-5-17-34(18-6-1)49-55-50(35-19-7-2-8-20-35)58-53(57-49)38-29-30-47-43(31-38)40-25-13-14-26-41(40)44-32-39(33-45-42-27-15-16-28-46(42)61(47)48(44)45)54-59-51(36-21-9-3-10-22-36)56-52(60-54)37-23-11-4-12-24-37/h1-33H. The summed E-state index contributed by atoms with van der Waals surface area (Å²) in [4.78, 5) is 30.5. The monoisotopic (exact) mass is 779 g/mol. The predicted octanol–water partition coefficient (Wildman–Crippen LogP) is 12.8. The van der Waals surface area contributed by atoms with Crippen LogP contribution in [0.1, 0.15) is 0 Å². The topological polar surface area (TPSA) is 82.3 Å². The van der Waals surface area contributed by atoms with Crippen LogP contribution in [0.3, 0.4) is 0 Å². The van der Waals surface area contributed by atoms with Crippen LogP contribution in [0.25, 0.3) is 118 Å². The Labute approximate surface area is 351 Å². The molecule has 1 aliphatic rings. The van der Waals surface area contributed by atoms with Crippen molar-refractivity contribution in [1.82, 2.24) is 34.5 Å². The number of nitrogens with zero attached hydrogens (tertiary/aromatic N) is 7. The lowest BCUT2D eigenvalue weighted by atomic mass is 9.91. The van der Waals surface area contributed by atoms with Crippen LogP contribution in [0.15, 0.2) is 200 Å². The lowest BCUT2D eigenvalue weighted by molar-refractivity contribution is 1.07. The summed E-state index contributed by atoms with van der Waals surface area (Å²) in [6.07, 6.45) is 0. The number of para-hydroxylation sites is 1. The molecule has 8 aromatic carbocycles. The van der Waals surface area contributed by atoms with E-state index in [1.165, 1.54) is 0 Å². The minimum Gasteiger partial charge on any atom is -0.308 e. The zero-order valence-corrected chi connectivity index (χ0v) is 32.7. The molecule has 0 saturated heterocycles. The zero-order chi connectivity index (χ0) is 40.3. The molecule has 11 aromatic rings. The number of hydrogen-bond donors (Lipinski definition) is 0. The first-order valence-electron chi connectivity index (χ1n) is 20.3. The molecule has 4 heterocycles. The van der Waals surface area contributed by atoms with Crippen molar-refractivity contribution in [1.29, 1.82) is 0 Å². The number of benzene rings is 8. The molecular formula is C54H33N7. The largest absolute Gasteiger partial charge is 0.308 e. The smallest absolute Gasteiger partial charge is 0.164 e. The van der Waals surface area contributed by atoms with Crippen LogP contribution in [-0.4, -0.2) is 34.5 Å². The van der Waals surface area contributed by atoms with Crippen molar-refractivity contribution in [3.8, 4) is 96.3 Å². The molecule has 0 spiro atoms. The summed E-state index contributed by atoms with van der Waals surface area (Å²) in [6, 6.07) is 68.9. The van der Waals surface area contributed by atoms with E-state index in [1.54, 1.807) is 0 Å². The Morgan fingerprint density at radius 3 is 1.16 bits per heavy atom. The summed E-state index contributed by atoms with van der Waals surface area (Å²) in [5.74, 6) is 3.73. The molecule has 0 amide bonds. The second kappa shape index (κ2) is 14.1. The fourth-order valence-electron chi connectivity index (χ4n) is 8.60. The van der Waals surface area contributed by atoms with Crippen molar-refractivity contribution in [2.45, 2.75) is 0 Å². The SMILES string of the molecule is c1ccc(-c2nc(-c3ccccc3)nc(-c3ccc4c(c3)-c3ccccc3-c3cc(-c5nc(-c6ccccc6)nc(-c6ccccc6)n5)cc5c6ccccc6n-4c35)n2)cc1. The van der Waals surface area contributed by atoms with Gasteiger partial charge in [-0.1, -0.05) is 164 Å². The first kappa shape index (κ1) is 34.6. The van der Waals surface area contributed by atoms with Gasteiger partial charge in [0.15, 0.2) is 34.9 Å². The van der Waals surface area contributed by atoms with Crippen molar-refractivity contribution in [3.63, 3.8) is 0 Å². The molecule has 0 radical (unpaired) electrons. The average Bonchev–Trinajstić information content (AvgIpc) is 3.62. The number of aromatic nitrogens is 7. The van der Waals surface area contributed by atoms with Gasteiger partial charge in [0.2, 0.25) is 0 Å². The average molecular weight is 780 g/mol. The van der Waals surface area contributed by atoms with E-state index in [0.717, 1.165) is 83.1 Å². The van der Waals surface area contributed by atoms with Gasteiger partial charge in [-0.25, -0.2) is 29.9 Å². The van der Waals surface area contributed by atoms with E-state index in [-0.39, 0.29) is 0 Å². The molecular weight excluding hydrogens is 747 g/mol. The zero-order valence-electron chi connectivity index (χ0n) is 32.7. The van der Waals surface area contributed by atoms with Crippen LogP contribution in [0.4, 0.5) is 0 Å². The molecule has 7 heteroatoms. The lowest BCUT2D eigenvalue weighted by Gasteiger charge is -2.15. The highest BCUT2D eigenvalue weighted by molar-refractivity contribution is 6.17. The second-order valence-electron chi connectivity index (χ2n) is 15.1. The maximum atomic E-state index is 5.16. The third-order valence-electron chi connectivity index (χ3n) is 11.4. The molecule has 0 N–H and O–H groups in total. The van der Waals surface area contributed by atoms with E-state index in [9.17, 15) is 0 Å². The lowest BCUT2D eigenvalue weighted by Crippen LogP contribution is -2.01. The fraction of sp³-hybridized carbons (Fsp3) is 0. The minimum absolute atomic E-state index is 0.609. The third kappa shape index (κ3) is 5.90. The van der Waals surface area contributed by atoms with Gasteiger partial charge < -0.3 is 4.57 Å². The fourth-order valence-corrected chi connectivity index (χ4v) is 8.60. The Bertz CT molecular complexity index is 3340. The van der Waals surface area contributed by atoms with Crippen molar-refractivity contribution in [2.24, 2.45) is 0 Å². The Morgan fingerprint density at radius 2 is 0.656 bits per heavy atom. The number of rotatable bonds is 6. The molecule has 0 bridgehead atoms. The van der Waals surface area contributed by atoms with Crippen LogP contribution < -0.4 is 0 Å².